The molecule has 1 saturated heterocycles. The molecule has 1 amide bonds. The number of nitrogens with zero attached hydrogens (tertiary/aromatic N) is 2. The molecular formula is C21H26N2O3S. The van der Waals surface area contributed by atoms with Gasteiger partial charge in [-0.1, -0.05) is 0 Å². The number of hydrogen-bond acceptors (Lipinski definition) is 5. The van der Waals surface area contributed by atoms with Gasteiger partial charge in [-0.3, -0.25) is 9.69 Å². The summed E-state index contributed by atoms with van der Waals surface area (Å²) >= 11 is 1.86. The van der Waals surface area contributed by atoms with Gasteiger partial charge in [0.15, 0.2) is 11.5 Å². The monoisotopic (exact) mass is 386 g/mol. The highest BCUT2D eigenvalue weighted by atomic mass is 32.1. The van der Waals surface area contributed by atoms with Gasteiger partial charge in [0.05, 0.1) is 13.2 Å². The van der Waals surface area contributed by atoms with Gasteiger partial charge >= 0.3 is 0 Å². The molecule has 0 unspecified atom stereocenters. The first-order valence-electron chi connectivity index (χ1n) is 9.67. The zero-order valence-corrected chi connectivity index (χ0v) is 16.8. The molecule has 2 aliphatic heterocycles. The number of hydrogen-bond donors (Lipinski definition) is 0. The van der Waals surface area contributed by atoms with Gasteiger partial charge in [-0.25, -0.2) is 0 Å². The van der Waals surface area contributed by atoms with E-state index in [2.05, 4.69) is 16.3 Å². The summed E-state index contributed by atoms with van der Waals surface area (Å²) in [6.45, 7) is 8.70. The summed E-state index contributed by atoms with van der Waals surface area (Å²) in [7, 11) is 0. The maximum absolute atomic E-state index is 12.9. The molecule has 4 rings (SSSR count). The normalized spacial score (nSPS) is 17.3. The summed E-state index contributed by atoms with van der Waals surface area (Å²) in [5, 5.41) is 2.19. The first kappa shape index (κ1) is 18.3. The number of fused-ring (bicyclic) bond motifs is 1. The van der Waals surface area contributed by atoms with Gasteiger partial charge in [-0.05, 0) is 55.5 Å². The van der Waals surface area contributed by atoms with Gasteiger partial charge < -0.3 is 14.4 Å². The fraction of sp³-hybridized carbons (Fsp3) is 0.476. The van der Waals surface area contributed by atoms with Crippen LogP contribution in [-0.2, 0) is 13.0 Å². The maximum Gasteiger partial charge on any atom is 0.254 e. The van der Waals surface area contributed by atoms with Crippen molar-refractivity contribution in [3.63, 3.8) is 0 Å². The molecule has 0 bridgehead atoms. The van der Waals surface area contributed by atoms with Gasteiger partial charge in [0.25, 0.3) is 5.91 Å². The SMILES string of the molecule is CCOc1ccc(C(=O)N2CC(N3CCc4sccc4C3)C2)cc1OCC. The fourth-order valence-electron chi connectivity index (χ4n) is 3.80. The largest absolute Gasteiger partial charge is 0.490 e. The minimum atomic E-state index is 0.0727. The number of benzene rings is 1. The van der Waals surface area contributed by atoms with E-state index in [-0.39, 0.29) is 5.91 Å². The highest BCUT2D eigenvalue weighted by Gasteiger charge is 2.36. The van der Waals surface area contributed by atoms with Crippen molar-refractivity contribution in [2.45, 2.75) is 32.9 Å². The molecule has 0 saturated carbocycles. The predicted molar refractivity (Wildman–Crippen MR) is 107 cm³/mol. The molecule has 2 aliphatic rings. The molecule has 0 radical (unpaired) electrons. The predicted octanol–water partition coefficient (Wildman–Crippen LogP) is 3.43. The summed E-state index contributed by atoms with van der Waals surface area (Å²) in [6.07, 6.45) is 1.13. The van der Waals surface area contributed by atoms with Gasteiger partial charge in [-0.2, -0.15) is 0 Å². The third kappa shape index (κ3) is 3.69. The average molecular weight is 387 g/mol. The summed E-state index contributed by atoms with van der Waals surface area (Å²) in [4.78, 5) is 18.8. The van der Waals surface area contributed by atoms with E-state index in [0.29, 0.717) is 36.3 Å². The van der Waals surface area contributed by atoms with Crippen molar-refractivity contribution in [1.82, 2.24) is 9.80 Å². The van der Waals surface area contributed by atoms with Crippen LogP contribution in [0.5, 0.6) is 11.5 Å². The minimum Gasteiger partial charge on any atom is -0.490 e. The lowest BCUT2D eigenvalue weighted by Crippen LogP contribution is -2.61. The number of carbonyl (C=O) groups is 1. The van der Waals surface area contributed by atoms with E-state index in [0.717, 1.165) is 32.6 Å². The van der Waals surface area contributed by atoms with Gasteiger partial charge in [0.2, 0.25) is 0 Å². The van der Waals surface area contributed by atoms with Crippen molar-refractivity contribution in [3.8, 4) is 11.5 Å². The molecule has 3 heterocycles. The van der Waals surface area contributed by atoms with E-state index < -0.39 is 0 Å². The zero-order valence-electron chi connectivity index (χ0n) is 15.9. The van der Waals surface area contributed by atoms with Gasteiger partial charge in [-0.15, -0.1) is 11.3 Å². The molecule has 0 spiro atoms. The molecule has 1 aromatic carbocycles. The third-order valence-corrected chi connectivity index (χ3v) is 6.32. The van der Waals surface area contributed by atoms with Crippen LogP contribution >= 0.6 is 11.3 Å². The highest BCUT2D eigenvalue weighted by Crippen LogP contribution is 2.31. The van der Waals surface area contributed by atoms with Gasteiger partial charge in [0.1, 0.15) is 0 Å². The Morgan fingerprint density at radius 2 is 1.93 bits per heavy atom. The van der Waals surface area contributed by atoms with Crippen LogP contribution < -0.4 is 9.47 Å². The summed E-state index contributed by atoms with van der Waals surface area (Å²) < 4.78 is 11.2. The Labute approximate surface area is 164 Å². The Morgan fingerprint density at radius 1 is 1.15 bits per heavy atom. The summed E-state index contributed by atoms with van der Waals surface area (Å²) in [5.74, 6) is 1.41. The lowest BCUT2D eigenvalue weighted by Gasteiger charge is -2.46. The Morgan fingerprint density at radius 3 is 2.70 bits per heavy atom. The summed E-state index contributed by atoms with van der Waals surface area (Å²) in [5.41, 5.74) is 2.13. The van der Waals surface area contributed by atoms with E-state index in [1.807, 2.05) is 48.3 Å². The van der Waals surface area contributed by atoms with Crippen molar-refractivity contribution in [1.29, 1.82) is 0 Å². The molecule has 2 aromatic rings. The maximum atomic E-state index is 12.9. The molecule has 1 aromatic heterocycles. The Balaban J connectivity index is 1.38. The second-order valence-corrected chi connectivity index (χ2v) is 7.98. The minimum absolute atomic E-state index is 0.0727. The number of rotatable bonds is 6. The van der Waals surface area contributed by atoms with Crippen molar-refractivity contribution in [2.75, 3.05) is 32.8 Å². The quantitative estimate of drug-likeness (QED) is 0.763. The number of ether oxygens (including phenoxy) is 2. The number of likely N-dealkylation sites (tertiary alicyclic amines) is 1. The standard InChI is InChI=1S/C21H26N2O3S/c1-3-25-18-6-5-15(11-19(18)26-4-2)21(24)23-13-17(14-23)22-9-7-20-16(12-22)8-10-27-20/h5-6,8,10-11,17H,3-4,7,9,12-14H2,1-2H3. The Hall–Kier alpha value is -2.05. The van der Waals surface area contributed by atoms with Crippen LogP contribution in [0.3, 0.4) is 0 Å². The Kier molecular flexibility index (Phi) is 5.36. The summed E-state index contributed by atoms with van der Waals surface area (Å²) in [6, 6.07) is 8.19. The van der Waals surface area contributed by atoms with Crippen LogP contribution in [0.2, 0.25) is 0 Å². The van der Waals surface area contributed by atoms with Gasteiger partial charge in [0, 0.05) is 42.7 Å². The molecule has 1 fully saturated rings. The third-order valence-electron chi connectivity index (χ3n) is 5.29. The van der Waals surface area contributed by atoms with Crippen molar-refractivity contribution in [2.24, 2.45) is 0 Å². The lowest BCUT2D eigenvalue weighted by molar-refractivity contribution is 0.0220. The van der Waals surface area contributed by atoms with Crippen molar-refractivity contribution < 1.29 is 14.3 Å². The van der Waals surface area contributed by atoms with Crippen LogP contribution in [0.1, 0.15) is 34.6 Å². The fourth-order valence-corrected chi connectivity index (χ4v) is 4.69. The second-order valence-electron chi connectivity index (χ2n) is 6.98. The van der Waals surface area contributed by atoms with Crippen LogP contribution in [0, 0.1) is 0 Å². The second kappa shape index (κ2) is 7.90. The molecule has 0 atom stereocenters. The van der Waals surface area contributed by atoms with E-state index in [1.165, 1.54) is 10.4 Å². The molecule has 5 nitrogen and oxygen atoms in total. The van der Waals surface area contributed by atoms with Crippen LogP contribution in [0.25, 0.3) is 0 Å². The molecule has 0 aliphatic carbocycles. The van der Waals surface area contributed by atoms with E-state index in [1.54, 1.807) is 0 Å². The molecular weight excluding hydrogens is 360 g/mol. The van der Waals surface area contributed by atoms with E-state index >= 15 is 0 Å². The zero-order chi connectivity index (χ0) is 18.8. The topological polar surface area (TPSA) is 42.0 Å². The number of carbonyl (C=O) groups excluding carboxylic acids is 1. The number of thiophene rings is 1. The van der Waals surface area contributed by atoms with Crippen molar-refractivity contribution >= 4 is 17.2 Å². The first-order valence-corrected chi connectivity index (χ1v) is 10.6. The van der Waals surface area contributed by atoms with Crippen LogP contribution in [0.4, 0.5) is 0 Å². The lowest BCUT2D eigenvalue weighted by atomic mass is 10.0. The Bertz CT molecular complexity index is 814. The van der Waals surface area contributed by atoms with Crippen molar-refractivity contribution in [3.05, 3.63) is 45.6 Å². The molecule has 0 N–H and O–H groups in total. The van der Waals surface area contributed by atoms with E-state index in [4.69, 9.17) is 9.47 Å². The van der Waals surface area contributed by atoms with Crippen LogP contribution in [0.15, 0.2) is 29.6 Å². The van der Waals surface area contributed by atoms with Crippen LogP contribution in [-0.4, -0.2) is 54.6 Å². The smallest absolute Gasteiger partial charge is 0.254 e. The molecule has 6 heteroatoms. The first-order chi connectivity index (χ1) is 13.2. The average Bonchev–Trinajstić information content (AvgIpc) is 3.10. The highest BCUT2D eigenvalue weighted by molar-refractivity contribution is 7.10. The van der Waals surface area contributed by atoms with E-state index in [9.17, 15) is 4.79 Å². The number of amides is 1. The molecule has 27 heavy (non-hydrogen) atoms. The molecule has 144 valence electrons.